The highest BCUT2D eigenvalue weighted by Gasteiger charge is 2.39. The third-order valence-corrected chi connectivity index (χ3v) is 8.13. The number of rotatable bonds is 5. The van der Waals surface area contributed by atoms with Crippen LogP contribution in [-0.4, -0.2) is 44.3 Å². The average Bonchev–Trinajstić information content (AvgIpc) is 3.24. The van der Waals surface area contributed by atoms with Gasteiger partial charge in [-0.1, -0.05) is 6.92 Å². The zero-order valence-corrected chi connectivity index (χ0v) is 16.6. The van der Waals surface area contributed by atoms with Crippen LogP contribution in [0.2, 0.25) is 0 Å². The number of thioether (sulfide) groups is 1. The summed E-state index contributed by atoms with van der Waals surface area (Å²) in [6.45, 7) is 2.59. The van der Waals surface area contributed by atoms with Crippen LogP contribution in [0.4, 0.5) is 10.1 Å². The molecule has 1 saturated carbocycles. The van der Waals surface area contributed by atoms with E-state index < -0.39 is 39.9 Å². The van der Waals surface area contributed by atoms with Crippen LogP contribution in [0, 0.1) is 11.2 Å². The summed E-state index contributed by atoms with van der Waals surface area (Å²) in [5.41, 5.74) is 0.364. The molecule has 2 aliphatic heterocycles. The molecule has 0 aromatic heterocycles. The van der Waals surface area contributed by atoms with Crippen LogP contribution < -0.4 is 14.3 Å². The minimum atomic E-state index is -4.19. The molecule has 0 spiro atoms. The van der Waals surface area contributed by atoms with Gasteiger partial charge in [-0.2, -0.15) is 8.42 Å². The first kappa shape index (κ1) is 18.8. The van der Waals surface area contributed by atoms with E-state index in [1.165, 1.54) is 30.7 Å². The number of nitrogens with zero attached hydrogens (tertiary/aromatic N) is 1. The van der Waals surface area contributed by atoms with Crippen molar-refractivity contribution in [2.24, 2.45) is 5.41 Å². The molecule has 1 aromatic rings. The molecule has 0 radical (unpaired) electrons. The number of phenols is 1. The highest BCUT2D eigenvalue weighted by atomic mass is 32.2. The van der Waals surface area contributed by atoms with Crippen molar-refractivity contribution in [3.05, 3.63) is 17.4 Å². The second-order valence-corrected chi connectivity index (χ2v) is 10.5. The monoisotopic (exact) mass is 415 g/mol. The summed E-state index contributed by atoms with van der Waals surface area (Å²) < 4.78 is 41.7. The van der Waals surface area contributed by atoms with Crippen molar-refractivity contribution < 1.29 is 22.7 Å². The number of hydrogen-bond acceptors (Lipinski definition) is 6. The Morgan fingerprint density at radius 3 is 2.85 bits per heavy atom. The quantitative estimate of drug-likeness (QED) is 0.674. The number of fused-ring (bicyclic) bond motifs is 1. The molecule has 1 aliphatic carbocycles. The van der Waals surface area contributed by atoms with E-state index in [1.54, 1.807) is 4.72 Å². The largest absolute Gasteiger partial charge is 0.506 e. The highest BCUT2D eigenvalue weighted by Crippen LogP contribution is 2.48. The summed E-state index contributed by atoms with van der Waals surface area (Å²) in [4.78, 5) is 12.1. The van der Waals surface area contributed by atoms with Crippen LogP contribution in [0.3, 0.4) is 0 Å². The molecule has 4 rings (SSSR count). The van der Waals surface area contributed by atoms with Crippen molar-refractivity contribution in [3.8, 4) is 5.75 Å². The van der Waals surface area contributed by atoms with Crippen molar-refractivity contribution >= 4 is 33.6 Å². The predicted octanol–water partition coefficient (Wildman–Crippen LogP) is 1.51. The topological polar surface area (TPSA) is 98.7 Å². The predicted molar refractivity (Wildman–Crippen MR) is 101 cm³/mol. The number of benzene rings is 1. The van der Waals surface area contributed by atoms with E-state index in [4.69, 9.17) is 0 Å². The Kier molecular flexibility index (Phi) is 4.55. The summed E-state index contributed by atoms with van der Waals surface area (Å²) in [7, 11) is -4.19. The fraction of sp³-hybridized carbons (Fsp3) is 0.588. The van der Waals surface area contributed by atoms with E-state index >= 15 is 4.39 Å². The van der Waals surface area contributed by atoms with E-state index in [0.29, 0.717) is 26.6 Å². The molecule has 3 aliphatic rings. The number of phenolic OH excluding ortho intramolecular Hbond substituents is 1. The summed E-state index contributed by atoms with van der Waals surface area (Å²) in [5, 5.41) is 13.7. The molecule has 148 valence electrons. The van der Waals surface area contributed by atoms with Gasteiger partial charge in [-0.25, -0.2) is 13.4 Å². The smallest absolute Gasteiger partial charge is 0.326 e. The van der Waals surface area contributed by atoms with Crippen molar-refractivity contribution in [1.29, 1.82) is 0 Å². The average molecular weight is 416 g/mol. The zero-order valence-electron chi connectivity index (χ0n) is 14.9. The van der Waals surface area contributed by atoms with Crippen LogP contribution in [0.15, 0.2) is 11.0 Å². The van der Waals surface area contributed by atoms with Crippen molar-refractivity contribution in [2.75, 3.05) is 23.1 Å². The van der Waals surface area contributed by atoms with Gasteiger partial charge in [0.25, 0.3) is 5.91 Å². The van der Waals surface area contributed by atoms with E-state index in [0.717, 1.165) is 18.7 Å². The van der Waals surface area contributed by atoms with Crippen LogP contribution in [0.1, 0.15) is 31.7 Å². The van der Waals surface area contributed by atoms with Crippen molar-refractivity contribution in [2.45, 2.75) is 43.5 Å². The minimum Gasteiger partial charge on any atom is -0.506 e. The molecule has 2 heterocycles. The Morgan fingerprint density at radius 1 is 1.48 bits per heavy atom. The number of amides is 1. The number of carbonyl (C=O) groups is 1. The lowest BCUT2D eigenvalue weighted by Crippen LogP contribution is -2.37. The van der Waals surface area contributed by atoms with Crippen LogP contribution in [-0.2, 0) is 21.4 Å². The second-order valence-electron chi connectivity index (χ2n) is 7.80. The number of nitrogens with one attached hydrogen (secondary N) is 2. The third kappa shape index (κ3) is 3.62. The number of hydrogen-bond donors (Lipinski definition) is 3. The molecular formula is C17H22FN3O4S2. The van der Waals surface area contributed by atoms with E-state index in [9.17, 15) is 18.3 Å². The fourth-order valence-corrected chi connectivity index (χ4v) is 5.84. The number of anilines is 1. The Hall–Kier alpha value is -1.52. The first-order valence-electron chi connectivity index (χ1n) is 8.92. The lowest BCUT2D eigenvalue weighted by atomic mass is 10.0. The molecule has 7 nitrogen and oxygen atoms in total. The van der Waals surface area contributed by atoms with Gasteiger partial charge in [0.05, 0.1) is 0 Å². The number of halogens is 1. The first-order chi connectivity index (χ1) is 12.7. The maximum absolute atomic E-state index is 15.2. The molecule has 1 atom stereocenters. The Bertz CT molecular complexity index is 902. The van der Waals surface area contributed by atoms with Gasteiger partial charge in [-0.05, 0) is 43.7 Å². The third-order valence-electron chi connectivity index (χ3n) is 5.51. The van der Waals surface area contributed by atoms with Gasteiger partial charge in [-0.15, -0.1) is 11.8 Å². The van der Waals surface area contributed by atoms with Gasteiger partial charge in [0.15, 0.2) is 5.82 Å². The maximum Gasteiger partial charge on any atom is 0.326 e. The van der Waals surface area contributed by atoms with Gasteiger partial charge in [0.1, 0.15) is 18.0 Å². The minimum absolute atomic E-state index is 0.0756. The number of aromatic hydroxyl groups is 1. The summed E-state index contributed by atoms with van der Waals surface area (Å²) in [6.07, 6.45) is 4.01. The Labute approximate surface area is 161 Å². The van der Waals surface area contributed by atoms with Gasteiger partial charge in [-0.3, -0.25) is 4.79 Å². The second kappa shape index (κ2) is 6.52. The number of carbonyl (C=O) groups excluding carboxylic acids is 1. The molecule has 0 unspecified atom stereocenters. The highest BCUT2D eigenvalue weighted by molar-refractivity contribution is 7.99. The molecule has 1 amide bonds. The normalized spacial score (nSPS) is 25.2. The van der Waals surface area contributed by atoms with E-state index in [-0.39, 0.29) is 6.04 Å². The molecule has 2 fully saturated rings. The SMILES string of the molecule is CC1(CCN[C@@H]2CSc3cc(O)c(N4CC(=O)NS4(=O)=O)c(F)c3C2)CC1. The van der Waals surface area contributed by atoms with Gasteiger partial charge >= 0.3 is 10.2 Å². The lowest BCUT2D eigenvalue weighted by Gasteiger charge is -2.28. The molecule has 0 bridgehead atoms. The summed E-state index contributed by atoms with van der Waals surface area (Å²) in [5.74, 6) is -1.26. The molecular weight excluding hydrogens is 393 g/mol. The van der Waals surface area contributed by atoms with Crippen LogP contribution in [0.25, 0.3) is 0 Å². The molecule has 1 saturated heterocycles. The molecule has 1 aromatic carbocycles. The fourth-order valence-electron chi connectivity index (χ4n) is 3.51. The Morgan fingerprint density at radius 2 is 2.22 bits per heavy atom. The maximum atomic E-state index is 15.2. The molecule has 27 heavy (non-hydrogen) atoms. The van der Waals surface area contributed by atoms with Crippen molar-refractivity contribution in [3.63, 3.8) is 0 Å². The van der Waals surface area contributed by atoms with E-state index in [1.807, 2.05) is 0 Å². The van der Waals surface area contributed by atoms with Gasteiger partial charge in [0.2, 0.25) is 0 Å². The zero-order chi connectivity index (χ0) is 19.4. The lowest BCUT2D eigenvalue weighted by molar-refractivity contribution is -0.117. The molecule has 10 heteroatoms. The van der Waals surface area contributed by atoms with Crippen molar-refractivity contribution in [1.82, 2.24) is 10.0 Å². The van der Waals surface area contributed by atoms with E-state index in [2.05, 4.69) is 12.2 Å². The molecule has 3 N–H and O–H groups in total. The standard InChI is InChI=1S/C17H22FN3O4S2/c1-17(2-3-17)4-5-19-10-6-11-13(26-9-10)7-12(22)16(15(11)18)21-8-14(23)20-27(21,24)25/h7,10,19,22H,2-6,8-9H2,1H3,(H,20,23)/t10-/m0/s1. The summed E-state index contributed by atoms with van der Waals surface area (Å²) in [6, 6.07) is 1.46. The Balaban J connectivity index is 1.56. The van der Waals surface area contributed by atoms with Crippen LogP contribution in [0.5, 0.6) is 5.75 Å². The van der Waals surface area contributed by atoms with Gasteiger partial charge < -0.3 is 10.4 Å². The van der Waals surface area contributed by atoms with Crippen LogP contribution >= 0.6 is 11.8 Å². The van der Waals surface area contributed by atoms with Gasteiger partial charge in [0, 0.05) is 22.3 Å². The summed E-state index contributed by atoms with van der Waals surface area (Å²) >= 11 is 1.44. The first-order valence-corrected chi connectivity index (χ1v) is 11.3.